The van der Waals surface area contributed by atoms with Gasteiger partial charge in [0.1, 0.15) is 6.10 Å². The number of amides is 3. The molecule has 1 aliphatic carbocycles. The molecular formula is C20H23N3O3. The molecule has 1 saturated carbocycles. The first-order chi connectivity index (χ1) is 12.7. The Kier molecular flexibility index (Phi) is 6.09. The summed E-state index contributed by atoms with van der Waals surface area (Å²) in [5, 5.41) is 8.48. The van der Waals surface area contributed by atoms with Crippen molar-refractivity contribution in [1.82, 2.24) is 5.32 Å². The molecule has 0 aliphatic heterocycles. The van der Waals surface area contributed by atoms with Gasteiger partial charge >= 0.3 is 12.1 Å². The molecule has 3 N–H and O–H groups in total. The summed E-state index contributed by atoms with van der Waals surface area (Å²) in [6.07, 6.45) is 2.54. The molecule has 26 heavy (non-hydrogen) atoms. The van der Waals surface area contributed by atoms with Crippen LogP contribution in [0.15, 0.2) is 60.7 Å². The van der Waals surface area contributed by atoms with Crippen LogP contribution in [-0.2, 0) is 4.74 Å². The predicted molar refractivity (Wildman–Crippen MR) is 101 cm³/mol. The van der Waals surface area contributed by atoms with Crippen LogP contribution in [0.2, 0.25) is 0 Å². The van der Waals surface area contributed by atoms with Crippen molar-refractivity contribution in [2.24, 2.45) is 0 Å². The fourth-order valence-electron chi connectivity index (χ4n) is 3.08. The van der Waals surface area contributed by atoms with Crippen molar-refractivity contribution >= 4 is 23.5 Å². The van der Waals surface area contributed by atoms with Crippen LogP contribution >= 0.6 is 0 Å². The Morgan fingerprint density at radius 3 is 2.12 bits per heavy atom. The average molecular weight is 353 g/mol. The Morgan fingerprint density at radius 1 is 0.846 bits per heavy atom. The second-order valence-corrected chi connectivity index (χ2v) is 6.35. The van der Waals surface area contributed by atoms with E-state index in [0.29, 0.717) is 12.1 Å². The van der Waals surface area contributed by atoms with Gasteiger partial charge in [0.2, 0.25) is 0 Å². The molecule has 6 heteroatoms. The topological polar surface area (TPSA) is 79.5 Å². The summed E-state index contributed by atoms with van der Waals surface area (Å²) >= 11 is 0. The number of nitrogens with one attached hydrogen (secondary N) is 3. The molecule has 0 bridgehead atoms. The van der Waals surface area contributed by atoms with Gasteiger partial charge in [0.25, 0.3) is 0 Å². The average Bonchev–Trinajstić information content (AvgIpc) is 2.63. The first-order valence-corrected chi connectivity index (χ1v) is 8.84. The first-order valence-electron chi connectivity index (χ1n) is 8.84. The lowest BCUT2D eigenvalue weighted by molar-refractivity contribution is 0.0779. The molecule has 2 aromatic rings. The van der Waals surface area contributed by atoms with E-state index in [2.05, 4.69) is 16.0 Å². The fraction of sp³-hybridized carbons (Fsp3) is 0.300. The number of ether oxygens (including phenoxy) is 1. The Hall–Kier alpha value is -3.02. The van der Waals surface area contributed by atoms with E-state index in [0.717, 1.165) is 24.9 Å². The van der Waals surface area contributed by atoms with Gasteiger partial charge in [-0.2, -0.15) is 0 Å². The lowest BCUT2D eigenvalue weighted by Gasteiger charge is -2.29. The number of hydrogen-bond donors (Lipinski definition) is 3. The normalized spacial score (nSPS) is 19.2. The third kappa shape index (κ3) is 5.51. The van der Waals surface area contributed by atoms with Crippen LogP contribution in [0.3, 0.4) is 0 Å². The van der Waals surface area contributed by atoms with E-state index >= 15 is 0 Å². The lowest BCUT2D eigenvalue weighted by Crippen LogP contribution is -2.43. The van der Waals surface area contributed by atoms with E-state index in [1.54, 1.807) is 12.1 Å². The van der Waals surface area contributed by atoms with Gasteiger partial charge in [-0.05, 0) is 43.5 Å². The molecule has 6 nitrogen and oxygen atoms in total. The smallest absolute Gasteiger partial charge is 0.411 e. The molecule has 3 amide bonds. The molecule has 0 unspecified atom stereocenters. The van der Waals surface area contributed by atoms with Gasteiger partial charge in [0.05, 0.1) is 0 Å². The van der Waals surface area contributed by atoms with Crippen LogP contribution in [0.5, 0.6) is 0 Å². The zero-order chi connectivity index (χ0) is 18.2. The summed E-state index contributed by atoms with van der Waals surface area (Å²) in [6.45, 7) is 0. The number of carbonyl (C=O) groups excluding carboxylic acids is 2. The van der Waals surface area contributed by atoms with Crippen LogP contribution < -0.4 is 16.0 Å². The number of rotatable bonds is 4. The van der Waals surface area contributed by atoms with E-state index in [1.807, 2.05) is 48.5 Å². The van der Waals surface area contributed by atoms with Gasteiger partial charge in [-0.3, -0.25) is 5.32 Å². The molecule has 3 rings (SSSR count). The van der Waals surface area contributed by atoms with E-state index in [-0.39, 0.29) is 18.2 Å². The van der Waals surface area contributed by atoms with Gasteiger partial charge in [-0.1, -0.05) is 36.4 Å². The Morgan fingerprint density at radius 2 is 1.46 bits per heavy atom. The van der Waals surface area contributed by atoms with Gasteiger partial charge in [-0.25, -0.2) is 9.59 Å². The predicted octanol–water partition coefficient (Wildman–Crippen LogP) is 4.37. The molecule has 1 fully saturated rings. The zero-order valence-corrected chi connectivity index (χ0v) is 14.5. The third-order valence-electron chi connectivity index (χ3n) is 4.29. The first kappa shape index (κ1) is 17.8. The Balaban J connectivity index is 1.45. The highest BCUT2D eigenvalue weighted by molar-refractivity contribution is 5.89. The van der Waals surface area contributed by atoms with Crippen LogP contribution in [-0.4, -0.2) is 24.3 Å². The summed E-state index contributed by atoms with van der Waals surface area (Å²) in [5.74, 6) is 0. The Bertz CT molecular complexity index is 660. The summed E-state index contributed by atoms with van der Waals surface area (Å²) in [6, 6.07) is 18.2. The van der Waals surface area contributed by atoms with Crippen molar-refractivity contribution in [3.63, 3.8) is 0 Å². The monoisotopic (exact) mass is 353 g/mol. The van der Waals surface area contributed by atoms with E-state index in [1.165, 1.54) is 0 Å². The van der Waals surface area contributed by atoms with Crippen molar-refractivity contribution in [1.29, 1.82) is 0 Å². The third-order valence-corrected chi connectivity index (χ3v) is 4.29. The highest BCUT2D eigenvalue weighted by atomic mass is 16.6. The molecule has 0 spiro atoms. The van der Waals surface area contributed by atoms with E-state index < -0.39 is 6.09 Å². The SMILES string of the molecule is O=C(Nc1ccccc1)N[C@H]1CCC[C@@H](OC(=O)Nc2ccccc2)C1. The largest absolute Gasteiger partial charge is 0.446 e. The summed E-state index contributed by atoms with van der Waals surface area (Å²) < 4.78 is 5.50. The van der Waals surface area contributed by atoms with Crippen molar-refractivity contribution < 1.29 is 14.3 Å². The minimum Gasteiger partial charge on any atom is -0.446 e. The zero-order valence-electron chi connectivity index (χ0n) is 14.5. The number of hydrogen-bond acceptors (Lipinski definition) is 3. The van der Waals surface area contributed by atoms with Gasteiger partial charge in [0.15, 0.2) is 0 Å². The standard InChI is InChI=1S/C20H23N3O3/c24-19(21-15-8-3-1-4-9-15)22-17-12-7-13-18(14-17)26-20(25)23-16-10-5-2-6-11-16/h1-6,8-11,17-18H,7,12-14H2,(H,23,25)(H2,21,22,24)/t17-,18+/m0/s1. The molecule has 0 radical (unpaired) electrons. The number of benzene rings is 2. The number of carbonyl (C=O) groups is 2. The molecule has 0 heterocycles. The summed E-state index contributed by atoms with van der Waals surface area (Å²) in [4.78, 5) is 24.1. The number of urea groups is 1. The minimum absolute atomic E-state index is 0.0120. The van der Waals surface area contributed by atoms with E-state index in [4.69, 9.17) is 4.74 Å². The van der Waals surface area contributed by atoms with Crippen molar-refractivity contribution in [3.05, 3.63) is 60.7 Å². The van der Waals surface area contributed by atoms with E-state index in [9.17, 15) is 9.59 Å². The molecule has 0 saturated heterocycles. The highest BCUT2D eigenvalue weighted by Gasteiger charge is 2.26. The minimum atomic E-state index is -0.462. The maximum absolute atomic E-state index is 12.1. The number of anilines is 2. The van der Waals surface area contributed by atoms with Crippen molar-refractivity contribution in [2.75, 3.05) is 10.6 Å². The summed E-state index contributed by atoms with van der Waals surface area (Å²) in [5.41, 5.74) is 1.45. The molecule has 2 aromatic carbocycles. The lowest BCUT2D eigenvalue weighted by atomic mass is 9.93. The quantitative estimate of drug-likeness (QED) is 0.764. The molecule has 2 atom stereocenters. The summed E-state index contributed by atoms with van der Waals surface area (Å²) in [7, 11) is 0. The van der Waals surface area contributed by atoms with Gasteiger partial charge in [0, 0.05) is 23.8 Å². The van der Waals surface area contributed by atoms with Crippen LogP contribution in [0, 0.1) is 0 Å². The maximum atomic E-state index is 12.1. The maximum Gasteiger partial charge on any atom is 0.411 e. The molecule has 1 aliphatic rings. The second kappa shape index (κ2) is 8.89. The molecular weight excluding hydrogens is 330 g/mol. The Labute approximate surface area is 152 Å². The van der Waals surface area contributed by atoms with Crippen molar-refractivity contribution in [2.45, 2.75) is 37.8 Å². The second-order valence-electron chi connectivity index (χ2n) is 6.35. The fourth-order valence-corrected chi connectivity index (χ4v) is 3.08. The number of para-hydroxylation sites is 2. The molecule has 0 aromatic heterocycles. The van der Waals surface area contributed by atoms with Crippen LogP contribution in [0.25, 0.3) is 0 Å². The van der Waals surface area contributed by atoms with Crippen LogP contribution in [0.1, 0.15) is 25.7 Å². The van der Waals surface area contributed by atoms with Gasteiger partial charge in [-0.15, -0.1) is 0 Å². The van der Waals surface area contributed by atoms with Gasteiger partial charge < -0.3 is 15.4 Å². The molecule has 136 valence electrons. The van der Waals surface area contributed by atoms with Crippen molar-refractivity contribution in [3.8, 4) is 0 Å². The van der Waals surface area contributed by atoms with Crippen LogP contribution in [0.4, 0.5) is 21.0 Å². The highest BCUT2D eigenvalue weighted by Crippen LogP contribution is 2.22.